The minimum atomic E-state index is -0.518. The third kappa shape index (κ3) is 6.44. The van der Waals surface area contributed by atoms with Crippen molar-refractivity contribution in [2.75, 3.05) is 11.1 Å². The van der Waals surface area contributed by atoms with E-state index in [4.69, 9.17) is 0 Å². The molecule has 0 aliphatic rings. The molecule has 1 heterocycles. The number of nitrogens with zero attached hydrogens (tertiary/aromatic N) is 3. The smallest absolute Gasteiger partial charge is 0.251 e. The van der Waals surface area contributed by atoms with Crippen LogP contribution in [-0.4, -0.2) is 32.3 Å². The van der Waals surface area contributed by atoms with Gasteiger partial charge in [-0.2, -0.15) is 0 Å². The molecule has 2 amide bonds. The SMILES string of the molecule is CCn1c(SCC(=O)Nc2ccc(Br)cc2F)nnc1[C@@H](NC(=O)c1cccc(C)c1)C(C)C. The Balaban J connectivity index is 1.72. The van der Waals surface area contributed by atoms with Gasteiger partial charge in [0.25, 0.3) is 5.91 Å². The number of hydrogen-bond donors (Lipinski definition) is 2. The fourth-order valence-corrected chi connectivity index (χ4v) is 4.52. The summed E-state index contributed by atoms with van der Waals surface area (Å²) in [7, 11) is 0. The number of amides is 2. The van der Waals surface area contributed by atoms with Gasteiger partial charge in [0.2, 0.25) is 5.91 Å². The first-order valence-corrected chi connectivity index (χ1v) is 12.7. The lowest BCUT2D eigenvalue weighted by Crippen LogP contribution is -2.33. The summed E-state index contributed by atoms with van der Waals surface area (Å²) >= 11 is 4.40. The molecular weight excluding hydrogens is 521 g/mol. The molecule has 180 valence electrons. The minimum absolute atomic E-state index is 0.0373. The Labute approximate surface area is 211 Å². The van der Waals surface area contributed by atoms with Crippen molar-refractivity contribution >= 4 is 45.2 Å². The van der Waals surface area contributed by atoms with Crippen LogP contribution in [0, 0.1) is 18.7 Å². The van der Waals surface area contributed by atoms with Gasteiger partial charge in [-0.1, -0.05) is 59.2 Å². The molecule has 34 heavy (non-hydrogen) atoms. The number of aromatic nitrogens is 3. The number of aryl methyl sites for hydroxylation is 1. The molecule has 0 saturated carbocycles. The van der Waals surface area contributed by atoms with E-state index >= 15 is 0 Å². The molecule has 10 heteroatoms. The van der Waals surface area contributed by atoms with Crippen LogP contribution in [0.4, 0.5) is 10.1 Å². The molecule has 0 fully saturated rings. The average Bonchev–Trinajstić information content (AvgIpc) is 3.20. The van der Waals surface area contributed by atoms with Crippen molar-refractivity contribution in [1.82, 2.24) is 20.1 Å². The summed E-state index contributed by atoms with van der Waals surface area (Å²) < 4.78 is 16.5. The Bertz CT molecular complexity index is 1180. The third-order valence-electron chi connectivity index (χ3n) is 5.11. The Morgan fingerprint density at radius 2 is 1.94 bits per heavy atom. The molecule has 1 atom stereocenters. The first kappa shape index (κ1) is 25.9. The van der Waals surface area contributed by atoms with Crippen LogP contribution in [0.5, 0.6) is 0 Å². The molecule has 0 spiro atoms. The highest BCUT2D eigenvalue weighted by atomic mass is 79.9. The molecule has 3 rings (SSSR count). The second-order valence-corrected chi connectivity index (χ2v) is 9.97. The fraction of sp³-hybridized carbons (Fsp3) is 0.333. The summed E-state index contributed by atoms with van der Waals surface area (Å²) in [6.07, 6.45) is 0. The minimum Gasteiger partial charge on any atom is -0.342 e. The van der Waals surface area contributed by atoms with Gasteiger partial charge in [-0.05, 0) is 50.1 Å². The second-order valence-electron chi connectivity index (χ2n) is 8.11. The van der Waals surface area contributed by atoms with Gasteiger partial charge in [-0.15, -0.1) is 10.2 Å². The highest BCUT2D eigenvalue weighted by Gasteiger charge is 2.26. The van der Waals surface area contributed by atoms with Gasteiger partial charge >= 0.3 is 0 Å². The number of benzene rings is 2. The van der Waals surface area contributed by atoms with E-state index in [1.165, 1.54) is 23.9 Å². The predicted molar refractivity (Wildman–Crippen MR) is 135 cm³/mol. The fourth-order valence-electron chi connectivity index (χ4n) is 3.38. The first-order chi connectivity index (χ1) is 16.2. The van der Waals surface area contributed by atoms with Crippen molar-refractivity contribution in [3.8, 4) is 0 Å². The van der Waals surface area contributed by atoms with E-state index in [1.807, 2.05) is 50.5 Å². The molecule has 0 radical (unpaired) electrons. The lowest BCUT2D eigenvalue weighted by Gasteiger charge is -2.22. The van der Waals surface area contributed by atoms with Crippen molar-refractivity contribution in [3.05, 3.63) is 69.7 Å². The zero-order valence-corrected chi connectivity index (χ0v) is 21.8. The average molecular weight is 548 g/mol. The van der Waals surface area contributed by atoms with Crippen molar-refractivity contribution in [2.45, 2.75) is 45.4 Å². The van der Waals surface area contributed by atoms with Gasteiger partial charge in [0.05, 0.1) is 17.5 Å². The second kappa shape index (κ2) is 11.6. The maximum Gasteiger partial charge on any atom is 0.251 e. The number of anilines is 1. The van der Waals surface area contributed by atoms with E-state index < -0.39 is 5.82 Å². The predicted octanol–water partition coefficient (Wildman–Crippen LogP) is 5.37. The number of halogens is 2. The van der Waals surface area contributed by atoms with Gasteiger partial charge in [0.15, 0.2) is 11.0 Å². The largest absolute Gasteiger partial charge is 0.342 e. The molecule has 0 unspecified atom stereocenters. The number of carbonyl (C=O) groups excluding carboxylic acids is 2. The maximum atomic E-state index is 14.0. The van der Waals surface area contributed by atoms with E-state index in [2.05, 4.69) is 36.8 Å². The monoisotopic (exact) mass is 547 g/mol. The molecule has 1 aromatic heterocycles. The normalized spacial score (nSPS) is 12.0. The van der Waals surface area contributed by atoms with Gasteiger partial charge in [0, 0.05) is 16.6 Å². The number of nitrogens with one attached hydrogen (secondary N) is 2. The van der Waals surface area contributed by atoms with E-state index in [9.17, 15) is 14.0 Å². The van der Waals surface area contributed by atoms with Crippen LogP contribution in [0.3, 0.4) is 0 Å². The summed E-state index contributed by atoms with van der Waals surface area (Å²) in [6.45, 7) is 8.46. The standard InChI is InChI=1S/C24H27BrFN5O2S/c1-5-31-22(21(14(2)3)28-23(33)16-8-6-7-15(4)11-16)29-30-24(31)34-13-20(32)27-19-10-9-17(25)12-18(19)26/h6-12,14,21H,5,13H2,1-4H3,(H,27,32)(H,28,33)/t21-/m0/s1. The topological polar surface area (TPSA) is 88.9 Å². The van der Waals surface area contributed by atoms with Gasteiger partial charge in [-0.25, -0.2) is 4.39 Å². The molecule has 0 bridgehead atoms. The van der Waals surface area contributed by atoms with Crippen LogP contribution in [0.15, 0.2) is 52.1 Å². The number of hydrogen-bond acceptors (Lipinski definition) is 5. The lowest BCUT2D eigenvalue weighted by atomic mass is 10.0. The van der Waals surface area contributed by atoms with E-state index in [0.717, 1.165) is 5.56 Å². The molecule has 2 N–H and O–H groups in total. The number of rotatable bonds is 9. The van der Waals surface area contributed by atoms with Gasteiger partial charge in [-0.3, -0.25) is 9.59 Å². The molecular formula is C24H27BrFN5O2S. The van der Waals surface area contributed by atoms with Crippen molar-refractivity contribution < 1.29 is 14.0 Å². The number of carbonyl (C=O) groups is 2. The molecule has 3 aromatic rings. The highest BCUT2D eigenvalue weighted by molar-refractivity contribution is 9.10. The van der Waals surface area contributed by atoms with Crippen molar-refractivity contribution in [1.29, 1.82) is 0 Å². The van der Waals surface area contributed by atoms with Crippen LogP contribution in [0.2, 0.25) is 0 Å². The molecule has 0 aliphatic carbocycles. The third-order valence-corrected chi connectivity index (χ3v) is 6.57. The molecule has 0 aliphatic heterocycles. The van der Waals surface area contributed by atoms with Crippen LogP contribution in [0.1, 0.15) is 48.6 Å². The Morgan fingerprint density at radius 1 is 1.18 bits per heavy atom. The Kier molecular flexibility index (Phi) is 8.84. The highest BCUT2D eigenvalue weighted by Crippen LogP contribution is 2.26. The molecule has 2 aromatic carbocycles. The zero-order chi connectivity index (χ0) is 24.8. The summed E-state index contributed by atoms with van der Waals surface area (Å²) in [5.74, 6) is -0.332. The van der Waals surface area contributed by atoms with E-state index in [-0.39, 0.29) is 35.2 Å². The first-order valence-electron chi connectivity index (χ1n) is 10.9. The van der Waals surface area contributed by atoms with Gasteiger partial charge < -0.3 is 15.2 Å². The van der Waals surface area contributed by atoms with Gasteiger partial charge in [0.1, 0.15) is 5.82 Å². The molecule has 7 nitrogen and oxygen atoms in total. The zero-order valence-electron chi connectivity index (χ0n) is 19.4. The summed E-state index contributed by atoms with van der Waals surface area (Å²) in [5, 5.41) is 14.8. The maximum absolute atomic E-state index is 14.0. The Hall–Kier alpha value is -2.72. The summed E-state index contributed by atoms with van der Waals surface area (Å²) in [5.41, 5.74) is 1.70. The van der Waals surface area contributed by atoms with E-state index in [0.29, 0.717) is 27.6 Å². The van der Waals surface area contributed by atoms with Crippen LogP contribution in [-0.2, 0) is 11.3 Å². The van der Waals surface area contributed by atoms with Crippen molar-refractivity contribution in [2.24, 2.45) is 5.92 Å². The van der Waals surface area contributed by atoms with E-state index in [1.54, 1.807) is 12.1 Å². The lowest BCUT2D eigenvalue weighted by molar-refractivity contribution is -0.113. The van der Waals surface area contributed by atoms with Crippen LogP contribution < -0.4 is 10.6 Å². The Morgan fingerprint density at radius 3 is 2.59 bits per heavy atom. The summed E-state index contributed by atoms with van der Waals surface area (Å²) in [4.78, 5) is 25.2. The number of thioether (sulfide) groups is 1. The van der Waals surface area contributed by atoms with Crippen molar-refractivity contribution in [3.63, 3.8) is 0 Å². The van der Waals surface area contributed by atoms with Crippen LogP contribution >= 0.6 is 27.7 Å². The quantitative estimate of drug-likeness (QED) is 0.352. The molecule has 0 saturated heterocycles. The summed E-state index contributed by atoms with van der Waals surface area (Å²) in [6, 6.07) is 11.5. The van der Waals surface area contributed by atoms with Crippen LogP contribution in [0.25, 0.3) is 0 Å².